The summed E-state index contributed by atoms with van der Waals surface area (Å²) in [7, 11) is 0. The second-order valence-electron chi connectivity index (χ2n) is 2.59. The Morgan fingerprint density at radius 1 is 1.43 bits per heavy atom. The van der Waals surface area contributed by atoms with Crippen LogP contribution in [0.4, 0.5) is 0 Å². The number of rotatable bonds is 4. The molecule has 1 aromatic rings. The van der Waals surface area contributed by atoms with Crippen molar-refractivity contribution < 1.29 is 14.3 Å². The minimum atomic E-state index is -0.507. The molecule has 0 bridgehead atoms. The maximum atomic E-state index is 11.4. The molecule has 0 saturated heterocycles. The van der Waals surface area contributed by atoms with Crippen LogP contribution in [0.5, 0.6) is 0 Å². The monoisotopic (exact) mass is 190 g/mol. The summed E-state index contributed by atoms with van der Waals surface area (Å²) in [5, 5.41) is 0. The maximum Gasteiger partial charge on any atom is 0.339 e. The van der Waals surface area contributed by atoms with Crippen LogP contribution in [0.3, 0.4) is 0 Å². The van der Waals surface area contributed by atoms with Gasteiger partial charge in [-0.3, -0.25) is 4.79 Å². The summed E-state index contributed by atoms with van der Waals surface area (Å²) in [4.78, 5) is 21.9. The lowest BCUT2D eigenvalue weighted by Crippen LogP contribution is -2.07. The predicted octanol–water partition coefficient (Wildman–Crippen LogP) is 1.84. The predicted molar refractivity (Wildman–Crippen MR) is 52.3 cm³/mol. The average molecular weight is 190 g/mol. The lowest BCUT2D eigenvalue weighted by Gasteiger charge is -2.03. The number of carbonyl (C=O) groups is 2. The first-order valence-corrected chi connectivity index (χ1v) is 4.12. The van der Waals surface area contributed by atoms with E-state index in [0.29, 0.717) is 11.8 Å². The van der Waals surface area contributed by atoms with Gasteiger partial charge in [0, 0.05) is 5.56 Å². The van der Waals surface area contributed by atoms with Crippen LogP contribution in [0.15, 0.2) is 36.9 Å². The molecule has 0 aliphatic heterocycles. The Labute approximate surface area is 82.0 Å². The van der Waals surface area contributed by atoms with Gasteiger partial charge >= 0.3 is 5.97 Å². The maximum absolute atomic E-state index is 11.4. The molecule has 0 amide bonds. The lowest BCUT2D eigenvalue weighted by molar-refractivity contribution is 0.0547. The molecule has 0 saturated carbocycles. The molecule has 1 rings (SSSR count). The Morgan fingerprint density at radius 3 is 2.79 bits per heavy atom. The fraction of sp³-hybridized carbons (Fsp3) is 0.0909. The zero-order valence-corrected chi connectivity index (χ0v) is 7.60. The molecule has 0 unspecified atom stereocenters. The Balaban J connectivity index is 2.88. The molecule has 3 heteroatoms. The van der Waals surface area contributed by atoms with Crippen molar-refractivity contribution in [2.75, 3.05) is 6.61 Å². The first-order chi connectivity index (χ1) is 6.79. The van der Waals surface area contributed by atoms with Crippen LogP contribution < -0.4 is 0 Å². The van der Waals surface area contributed by atoms with Gasteiger partial charge in [-0.2, -0.15) is 0 Å². The van der Waals surface area contributed by atoms with Gasteiger partial charge in [0.2, 0.25) is 0 Å². The van der Waals surface area contributed by atoms with E-state index in [9.17, 15) is 9.59 Å². The summed E-state index contributed by atoms with van der Waals surface area (Å²) in [5.74, 6) is -0.507. The van der Waals surface area contributed by atoms with E-state index in [2.05, 4.69) is 6.58 Å². The standard InChI is InChI=1S/C11H10O3/c1-2-7-14-11(13)10-6-4-3-5-9(10)8-12/h2-6,8H,1,7H2. The summed E-state index contributed by atoms with van der Waals surface area (Å²) in [6.45, 7) is 3.57. The van der Waals surface area contributed by atoms with E-state index in [1.807, 2.05) is 0 Å². The van der Waals surface area contributed by atoms with Crippen LogP contribution in [-0.4, -0.2) is 18.9 Å². The van der Waals surface area contributed by atoms with Gasteiger partial charge in [0.15, 0.2) is 6.29 Å². The van der Waals surface area contributed by atoms with Crippen LogP contribution in [0.25, 0.3) is 0 Å². The quantitative estimate of drug-likeness (QED) is 0.413. The third-order valence-corrected chi connectivity index (χ3v) is 1.64. The highest BCUT2D eigenvalue weighted by molar-refractivity contribution is 5.98. The van der Waals surface area contributed by atoms with Gasteiger partial charge in [0.1, 0.15) is 6.61 Å². The molecule has 14 heavy (non-hydrogen) atoms. The first kappa shape index (κ1) is 10.2. The molecule has 0 fully saturated rings. The number of aldehydes is 1. The highest BCUT2D eigenvalue weighted by Gasteiger charge is 2.10. The van der Waals surface area contributed by atoms with Gasteiger partial charge in [0.05, 0.1) is 5.56 Å². The zero-order chi connectivity index (χ0) is 10.4. The van der Waals surface area contributed by atoms with Crippen LogP contribution in [-0.2, 0) is 4.74 Å². The molecular formula is C11H10O3. The molecule has 0 heterocycles. The summed E-state index contributed by atoms with van der Waals surface area (Å²) in [5.41, 5.74) is 0.617. The van der Waals surface area contributed by atoms with Gasteiger partial charge in [-0.05, 0) is 6.07 Å². The second-order valence-corrected chi connectivity index (χ2v) is 2.59. The zero-order valence-electron chi connectivity index (χ0n) is 7.60. The number of hydrogen-bond acceptors (Lipinski definition) is 3. The lowest BCUT2D eigenvalue weighted by atomic mass is 10.1. The van der Waals surface area contributed by atoms with Gasteiger partial charge in [0.25, 0.3) is 0 Å². The van der Waals surface area contributed by atoms with E-state index in [0.717, 1.165) is 0 Å². The Bertz CT molecular complexity index is 355. The molecule has 0 N–H and O–H groups in total. The van der Waals surface area contributed by atoms with E-state index < -0.39 is 5.97 Å². The van der Waals surface area contributed by atoms with Crippen molar-refractivity contribution in [2.45, 2.75) is 0 Å². The Morgan fingerprint density at radius 2 is 2.14 bits per heavy atom. The van der Waals surface area contributed by atoms with Crippen LogP contribution >= 0.6 is 0 Å². The summed E-state index contributed by atoms with van der Waals surface area (Å²) < 4.78 is 4.80. The largest absolute Gasteiger partial charge is 0.458 e. The minimum absolute atomic E-state index is 0.145. The average Bonchev–Trinajstić information content (AvgIpc) is 2.25. The van der Waals surface area contributed by atoms with E-state index in [1.54, 1.807) is 24.3 Å². The third-order valence-electron chi connectivity index (χ3n) is 1.64. The number of hydrogen-bond donors (Lipinski definition) is 0. The summed E-state index contributed by atoms with van der Waals surface area (Å²) in [6, 6.07) is 6.48. The highest BCUT2D eigenvalue weighted by Crippen LogP contribution is 2.07. The number of ether oxygens (including phenoxy) is 1. The third kappa shape index (κ3) is 2.29. The molecule has 1 aromatic carbocycles. The Hall–Kier alpha value is -1.90. The topological polar surface area (TPSA) is 43.4 Å². The molecule has 72 valence electrons. The van der Waals surface area contributed by atoms with Crippen LogP contribution in [0.2, 0.25) is 0 Å². The molecule has 0 radical (unpaired) electrons. The van der Waals surface area contributed by atoms with E-state index in [4.69, 9.17) is 4.74 Å². The van der Waals surface area contributed by atoms with Crippen molar-refractivity contribution >= 4 is 12.3 Å². The SMILES string of the molecule is C=CCOC(=O)c1ccccc1C=O. The van der Waals surface area contributed by atoms with E-state index in [1.165, 1.54) is 6.08 Å². The fourth-order valence-corrected chi connectivity index (χ4v) is 0.998. The summed E-state index contributed by atoms with van der Waals surface area (Å²) in [6.07, 6.45) is 2.10. The van der Waals surface area contributed by atoms with Gasteiger partial charge in [-0.1, -0.05) is 30.9 Å². The normalized spacial score (nSPS) is 9.14. The van der Waals surface area contributed by atoms with E-state index >= 15 is 0 Å². The van der Waals surface area contributed by atoms with E-state index in [-0.39, 0.29) is 12.2 Å². The molecule has 0 aliphatic carbocycles. The van der Waals surface area contributed by atoms with Gasteiger partial charge in [-0.15, -0.1) is 0 Å². The molecular weight excluding hydrogens is 180 g/mol. The molecule has 0 atom stereocenters. The number of carbonyl (C=O) groups excluding carboxylic acids is 2. The van der Waals surface area contributed by atoms with Crippen LogP contribution in [0, 0.1) is 0 Å². The highest BCUT2D eigenvalue weighted by atomic mass is 16.5. The second kappa shape index (κ2) is 4.97. The van der Waals surface area contributed by atoms with Crippen molar-refractivity contribution in [3.63, 3.8) is 0 Å². The van der Waals surface area contributed by atoms with Crippen molar-refractivity contribution in [3.8, 4) is 0 Å². The first-order valence-electron chi connectivity index (χ1n) is 4.12. The van der Waals surface area contributed by atoms with Gasteiger partial charge < -0.3 is 4.74 Å². The fourth-order valence-electron chi connectivity index (χ4n) is 0.998. The molecule has 0 aromatic heterocycles. The van der Waals surface area contributed by atoms with Gasteiger partial charge in [-0.25, -0.2) is 4.79 Å². The number of benzene rings is 1. The van der Waals surface area contributed by atoms with Crippen molar-refractivity contribution in [1.82, 2.24) is 0 Å². The van der Waals surface area contributed by atoms with Crippen LogP contribution in [0.1, 0.15) is 20.7 Å². The smallest absolute Gasteiger partial charge is 0.339 e. The van der Waals surface area contributed by atoms with Crippen molar-refractivity contribution in [2.24, 2.45) is 0 Å². The molecule has 0 aliphatic rings. The Kier molecular flexibility index (Phi) is 3.61. The van der Waals surface area contributed by atoms with Crippen molar-refractivity contribution in [3.05, 3.63) is 48.0 Å². The summed E-state index contributed by atoms with van der Waals surface area (Å²) >= 11 is 0. The molecule has 0 spiro atoms. The molecule has 3 nitrogen and oxygen atoms in total. The number of esters is 1. The van der Waals surface area contributed by atoms with Crippen molar-refractivity contribution in [1.29, 1.82) is 0 Å². The minimum Gasteiger partial charge on any atom is -0.458 e.